The second kappa shape index (κ2) is 5.00. The van der Waals surface area contributed by atoms with Gasteiger partial charge in [-0.2, -0.15) is 0 Å². The minimum atomic E-state index is -0.385. The topological polar surface area (TPSA) is 36.9 Å². The summed E-state index contributed by atoms with van der Waals surface area (Å²) in [4.78, 5) is 0. The predicted octanol–water partition coefficient (Wildman–Crippen LogP) is 2.07. The molecule has 2 heterocycles. The molecule has 2 fully saturated rings. The Hall–Kier alpha value is -0.160. The van der Waals surface area contributed by atoms with E-state index in [0.717, 1.165) is 12.8 Å². The Morgan fingerprint density at radius 2 is 0.812 bits per heavy atom. The van der Waals surface area contributed by atoms with Gasteiger partial charge in [0.25, 0.3) is 0 Å². The van der Waals surface area contributed by atoms with Gasteiger partial charge in [0.15, 0.2) is 0 Å². The molecule has 4 heteroatoms. The molecular formula is C12H22O4. The second-order valence-electron chi connectivity index (χ2n) is 4.99. The number of hydrogen-bond donors (Lipinski definition) is 0. The van der Waals surface area contributed by atoms with E-state index in [1.54, 1.807) is 0 Å². The van der Waals surface area contributed by atoms with Gasteiger partial charge in [0.2, 0.25) is 12.6 Å². The zero-order chi connectivity index (χ0) is 11.7. The SMILES string of the molecule is CC1CC(C)OC(C2OC(C)CC(C)O2)O1. The number of hydrogen-bond acceptors (Lipinski definition) is 4. The quantitative estimate of drug-likeness (QED) is 0.691. The third-order valence-corrected chi connectivity index (χ3v) is 3.02. The van der Waals surface area contributed by atoms with Crippen molar-refractivity contribution >= 4 is 0 Å². The van der Waals surface area contributed by atoms with Gasteiger partial charge in [-0.1, -0.05) is 0 Å². The van der Waals surface area contributed by atoms with E-state index < -0.39 is 0 Å². The lowest BCUT2D eigenvalue weighted by Gasteiger charge is -2.41. The van der Waals surface area contributed by atoms with E-state index in [9.17, 15) is 0 Å². The average Bonchev–Trinajstić information content (AvgIpc) is 2.14. The first-order valence-electron chi connectivity index (χ1n) is 6.16. The number of rotatable bonds is 1. The van der Waals surface area contributed by atoms with Crippen molar-refractivity contribution in [2.75, 3.05) is 0 Å². The Morgan fingerprint density at radius 1 is 0.562 bits per heavy atom. The van der Waals surface area contributed by atoms with Gasteiger partial charge < -0.3 is 18.9 Å². The smallest absolute Gasteiger partial charge is 0.209 e. The Bertz CT molecular complexity index is 189. The molecule has 4 atom stereocenters. The van der Waals surface area contributed by atoms with E-state index in [1.807, 2.05) is 0 Å². The first kappa shape index (κ1) is 12.3. The summed E-state index contributed by atoms with van der Waals surface area (Å²) >= 11 is 0. The monoisotopic (exact) mass is 230 g/mol. The molecule has 94 valence electrons. The zero-order valence-electron chi connectivity index (χ0n) is 10.5. The molecule has 0 spiro atoms. The molecule has 4 nitrogen and oxygen atoms in total. The van der Waals surface area contributed by atoms with Crippen molar-refractivity contribution in [2.24, 2.45) is 0 Å². The van der Waals surface area contributed by atoms with Crippen LogP contribution in [-0.4, -0.2) is 37.0 Å². The van der Waals surface area contributed by atoms with E-state index in [1.165, 1.54) is 0 Å². The molecule has 0 aliphatic carbocycles. The summed E-state index contributed by atoms with van der Waals surface area (Å²) in [6.07, 6.45) is 1.89. The van der Waals surface area contributed by atoms with Crippen molar-refractivity contribution in [3.63, 3.8) is 0 Å². The normalized spacial score (nSPS) is 50.2. The van der Waals surface area contributed by atoms with E-state index in [-0.39, 0.29) is 37.0 Å². The molecule has 0 radical (unpaired) electrons. The van der Waals surface area contributed by atoms with Crippen molar-refractivity contribution in [3.05, 3.63) is 0 Å². The zero-order valence-corrected chi connectivity index (χ0v) is 10.5. The van der Waals surface area contributed by atoms with Gasteiger partial charge in [-0.05, 0) is 40.5 Å². The maximum absolute atomic E-state index is 5.72. The van der Waals surface area contributed by atoms with Gasteiger partial charge in [0.05, 0.1) is 24.4 Å². The van der Waals surface area contributed by atoms with Gasteiger partial charge >= 0.3 is 0 Å². The van der Waals surface area contributed by atoms with Crippen molar-refractivity contribution in [3.8, 4) is 0 Å². The minimum absolute atomic E-state index is 0.202. The van der Waals surface area contributed by atoms with Gasteiger partial charge in [-0.25, -0.2) is 0 Å². The third kappa shape index (κ3) is 2.94. The summed E-state index contributed by atoms with van der Waals surface area (Å²) in [5.41, 5.74) is 0. The molecule has 2 saturated heterocycles. The van der Waals surface area contributed by atoms with Crippen LogP contribution in [0.1, 0.15) is 40.5 Å². The summed E-state index contributed by atoms with van der Waals surface area (Å²) < 4.78 is 22.9. The Kier molecular flexibility index (Phi) is 3.85. The Balaban J connectivity index is 1.95. The fourth-order valence-electron chi connectivity index (χ4n) is 2.39. The minimum Gasteiger partial charge on any atom is -0.345 e. The van der Waals surface area contributed by atoms with Crippen LogP contribution >= 0.6 is 0 Å². The maximum Gasteiger partial charge on any atom is 0.209 e. The molecule has 2 aliphatic heterocycles. The van der Waals surface area contributed by atoms with Gasteiger partial charge in [-0.3, -0.25) is 0 Å². The highest BCUT2D eigenvalue weighted by molar-refractivity contribution is 4.73. The van der Waals surface area contributed by atoms with Gasteiger partial charge in [0.1, 0.15) is 0 Å². The molecule has 0 aromatic rings. The Morgan fingerprint density at radius 3 is 1.06 bits per heavy atom. The van der Waals surface area contributed by atoms with Crippen LogP contribution in [0.3, 0.4) is 0 Å². The van der Waals surface area contributed by atoms with Crippen LogP contribution in [-0.2, 0) is 18.9 Å². The second-order valence-corrected chi connectivity index (χ2v) is 4.99. The maximum atomic E-state index is 5.72. The highest BCUT2D eigenvalue weighted by Crippen LogP contribution is 2.27. The summed E-state index contributed by atoms with van der Waals surface area (Å²) in [7, 11) is 0. The molecule has 0 saturated carbocycles. The van der Waals surface area contributed by atoms with Crippen LogP contribution < -0.4 is 0 Å². The van der Waals surface area contributed by atoms with Crippen molar-refractivity contribution in [1.29, 1.82) is 0 Å². The molecule has 16 heavy (non-hydrogen) atoms. The molecule has 0 N–H and O–H groups in total. The number of ether oxygens (including phenoxy) is 4. The molecular weight excluding hydrogens is 208 g/mol. The summed E-state index contributed by atoms with van der Waals surface area (Å²) in [5, 5.41) is 0. The molecule has 2 rings (SSSR count). The molecule has 0 aromatic carbocycles. The van der Waals surface area contributed by atoms with Crippen molar-refractivity contribution < 1.29 is 18.9 Å². The standard InChI is InChI=1S/C12H22O4/c1-7-5-8(2)14-11(13-7)12-15-9(3)6-10(4)16-12/h7-12H,5-6H2,1-4H3. The highest BCUT2D eigenvalue weighted by Gasteiger charge is 2.37. The van der Waals surface area contributed by atoms with Crippen LogP contribution in [0.4, 0.5) is 0 Å². The lowest BCUT2D eigenvalue weighted by atomic mass is 10.1. The average molecular weight is 230 g/mol. The molecule has 4 unspecified atom stereocenters. The predicted molar refractivity (Wildman–Crippen MR) is 59.0 cm³/mol. The van der Waals surface area contributed by atoms with Crippen LogP contribution in [0.2, 0.25) is 0 Å². The van der Waals surface area contributed by atoms with Crippen LogP contribution in [0.15, 0.2) is 0 Å². The van der Waals surface area contributed by atoms with E-state index in [4.69, 9.17) is 18.9 Å². The summed E-state index contributed by atoms with van der Waals surface area (Å²) in [6.45, 7) is 8.23. The largest absolute Gasteiger partial charge is 0.345 e. The molecule has 0 amide bonds. The van der Waals surface area contributed by atoms with Crippen molar-refractivity contribution in [2.45, 2.75) is 77.5 Å². The third-order valence-electron chi connectivity index (χ3n) is 3.02. The fraction of sp³-hybridized carbons (Fsp3) is 1.00. The molecule has 0 bridgehead atoms. The highest BCUT2D eigenvalue weighted by atomic mass is 16.8. The van der Waals surface area contributed by atoms with E-state index in [2.05, 4.69) is 27.7 Å². The van der Waals surface area contributed by atoms with E-state index >= 15 is 0 Å². The van der Waals surface area contributed by atoms with Gasteiger partial charge in [-0.15, -0.1) is 0 Å². The lowest BCUT2D eigenvalue weighted by molar-refractivity contribution is -0.359. The first-order chi connectivity index (χ1) is 7.54. The van der Waals surface area contributed by atoms with Crippen molar-refractivity contribution in [1.82, 2.24) is 0 Å². The van der Waals surface area contributed by atoms with Gasteiger partial charge in [0, 0.05) is 0 Å². The fourth-order valence-corrected chi connectivity index (χ4v) is 2.39. The summed E-state index contributed by atoms with van der Waals surface area (Å²) in [6, 6.07) is 0. The van der Waals surface area contributed by atoms with Crippen LogP contribution in [0, 0.1) is 0 Å². The van der Waals surface area contributed by atoms with Crippen LogP contribution in [0.5, 0.6) is 0 Å². The first-order valence-corrected chi connectivity index (χ1v) is 6.16. The lowest BCUT2D eigenvalue weighted by Crippen LogP contribution is -2.49. The summed E-state index contributed by atoms with van der Waals surface area (Å²) in [5.74, 6) is 0. The van der Waals surface area contributed by atoms with Crippen LogP contribution in [0.25, 0.3) is 0 Å². The molecule has 0 aromatic heterocycles. The van der Waals surface area contributed by atoms with E-state index in [0.29, 0.717) is 0 Å². The molecule has 2 aliphatic rings. The Labute approximate surface area is 97.2 Å².